The van der Waals surface area contributed by atoms with Crippen molar-refractivity contribution < 1.29 is 9.53 Å². The first-order chi connectivity index (χ1) is 9.56. The van der Waals surface area contributed by atoms with Crippen LogP contribution in [-0.4, -0.2) is 22.6 Å². The fraction of sp³-hybridized carbons (Fsp3) is 0.467. The number of methoxy groups -OCH3 is 1. The van der Waals surface area contributed by atoms with Crippen LogP contribution in [0, 0.1) is 0 Å². The van der Waals surface area contributed by atoms with Crippen LogP contribution >= 0.6 is 0 Å². The van der Waals surface area contributed by atoms with Gasteiger partial charge in [0.15, 0.2) is 0 Å². The predicted molar refractivity (Wildman–Crippen MR) is 78.3 cm³/mol. The van der Waals surface area contributed by atoms with E-state index in [1.807, 2.05) is 19.1 Å². The molecule has 0 amide bonds. The fourth-order valence-electron chi connectivity index (χ4n) is 2.37. The molecule has 0 aliphatic rings. The van der Waals surface area contributed by atoms with Crippen molar-refractivity contribution in [1.29, 1.82) is 0 Å². The fourth-order valence-corrected chi connectivity index (χ4v) is 2.37. The number of nitrogens with two attached hydrogens (primary N) is 1. The van der Waals surface area contributed by atoms with Crippen LogP contribution in [0.5, 0.6) is 0 Å². The van der Waals surface area contributed by atoms with Gasteiger partial charge in [-0.05, 0) is 38.0 Å². The number of rotatable bonds is 5. The molecule has 0 spiro atoms. The average Bonchev–Trinajstić information content (AvgIpc) is 2.82. The van der Waals surface area contributed by atoms with E-state index in [4.69, 9.17) is 5.73 Å². The zero-order chi connectivity index (χ0) is 14.7. The highest BCUT2D eigenvalue weighted by molar-refractivity contribution is 5.77. The van der Waals surface area contributed by atoms with E-state index in [1.54, 1.807) is 0 Å². The molecule has 0 saturated heterocycles. The van der Waals surface area contributed by atoms with E-state index >= 15 is 0 Å². The minimum atomic E-state index is -0.189. The number of carbonyl (C=O) groups excluding carboxylic acids is 1. The van der Waals surface area contributed by atoms with Crippen LogP contribution in [0.4, 0.5) is 0 Å². The summed E-state index contributed by atoms with van der Waals surface area (Å²) in [5, 5.41) is 0. The molecule has 108 valence electrons. The van der Waals surface area contributed by atoms with Crippen LogP contribution in [0.1, 0.15) is 37.7 Å². The van der Waals surface area contributed by atoms with E-state index in [2.05, 4.69) is 27.3 Å². The van der Waals surface area contributed by atoms with E-state index in [1.165, 1.54) is 7.11 Å². The van der Waals surface area contributed by atoms with E-state index < -0.39 is 0 Å². The Labute approximate surface area is 118 Å². The van der Waals surface area contributed by atoms with Gasteiger partial charge in [0, 0.05) is 13.0 Å². The Morgan fingerprint density at radius 2 is 2.25 bits per heavy atom. The number of hydrogen-bond donors (Lipinski definition) is 1. The van der Waals surface area contributed by atoms with Crippen molar-refractivity contribution in [3.8, 4) is 0 Å². The Hall–Kier alpha value is -1.88. The third-order valence-corrected chi connectivity index (χ3v) is 3.41. The van der Waals surface area contributed by atoms with Gasteiger partial charge in [-0.2, -0.15) is 0 Å². The van der Waals surface area contributed by atoms with Gasteiger partial charge >= 0.3 is 5.97 Å². The average molecular weight is 275 g/mol. The summed E-state index contributed by atoms with van der Waals surface area (Å²) in [7, 11) is 1.41. The number of fused-ring (bicyclic) bond motifs is 1. The molecule has 0 aliphatic carbocycles. The normalized spacial score (nSPS) is 12.6. The second-order valence-electron chi connectivity index (χ2n) is 4.90. The highest BCUT2D eigenvalue weighted by Gasteiger charge is 2.13. The molecular formula is C15H21N3O2. The molecule has 1 heterocycles. The van der Waals surface area contributed by atoms with E-state index in [9.17, 15) is 4.79 Å². The van der Waals surface area contributed by atoms with Crippen molar-refractivity contribution >= 4 is 17.0 Å². The Kier molecular flexibility index (Phi) is 4.39. The molecule has 0 radical (unpaired) electrons. The lowest BCUT2D eigenvalue weighted by Crippen LogP contribution is -2.12. The van der Waals surface area contributed by atoms with Crippen molar-refractivity contribution in [3.05, 3.63) is 29.6 Å². The largest absolute Gasteiger partial charge is 0.469 e. The first kappa shape index (κ1) is 14.5. The number of hydrogen-bond acceptors (Lipinski definition) is 4. The summed E-state index contributed by atoms with van der Waals surface area (Å²) < 4.78 is 6.79. The minimum absolute atomic E-state index is 0.0964. The molecule has 1 unspecified atom stereocenters. The van der Waals surface area contributed by atoms with Crippen molar-refractivity contribution in [2.75, 3.05) is 7.11 Å². The second-order valence-corrected chi connectivity index (χ2v) is 4.90. The third kappa shape index (κ3) is 2.82. The van der Waals surface area contributed by atoms with Crippen molar-refractivity contribution in [1.82, 2.24) is 9.55 Å². The van der Waals surface area contributed by atoms with Crippen molar-refractivity contribution in [3.63, 3.8) is 0 Å². The van der Waals surface area contributed by atoms with Gasteiger partial charge in [0.1, 0.15) is 5.82 Å². The van der Waals surface area contributed by atoms with E-state index in [0.717, 1.165) is 29.0 Å². The number of aromatic nitrogens is 2. The number of benzene rings is 1. The Bertz CT molecular complexity index is 617. The molecule has 1 aromatic heterocycles. The standard InChI is InChI=1S/C15H21N3O2/c1-4-18-13-9-11(6-8-14(19)20-3)5-7-12(13)17-15(18)10(2)16/h5,7,9-10H,4,6,8,16H2,1-3H3. The minimum Gasteiger partial charge on any atom is -0.469 e. The lowest BCUT2D eigenvalue weighted by atomic mass is 10.1. The lowest BCUT2D eigenvalue weighted by molar-refractivity contribution is -0.140. The van der Waals surface area contributed by atoms with Crippen LogP contribution < -0.4 is 5.73 Å². The third-order valence-electron chi connectivity index (χ3n) is 3.41. The van der Waals surface area contributed by atoms with Crippen LogP contribution in [-0.2, 0) is 22.5 Å². The van der Waals surface area contributed by atoms with Crippen molar-refractivity contribution in [2.24, 2.45) is 5.73 Å². The number of imidazole rings is 1. The predicted octanol–water partition coefficient (Wildman–Crippen LogP) is 2.18. The van der Waals surface area contributed by atoms with Gasteiger partial charge in [-0.1, -0.05) is 6.07 Å². The quantitative estimate of drug-likeness (QED) is 0.849. The topological polar surface area (TPSA) is 70.1 Å². The summed E-state index contributed by atoms with van der Waals surface area (Å²) in [6, 6.07) is 5.98. The van der Waals surface area contributed by atoms with E-state index in [-0.39, 0.29) is 12.0 Å². The summed E-state index contributed by atoms with van der Waals surface area (Å²) in [6.45, 7) is 4.84. The first-order valence-electron chi connectivity index (χ1n) is 6.88. The highest BCUT2D eigenvalue weighted by Crippen LogP contribution is 2.21. The first-order valence-corrected chi connectivity index (χ1v) is 6.88. The van der Waals surface area contributed by atoms with Gasteiger partial charge < -0.3 is 15.0 Å². The molecule has 0 aliphatic heterocycles. The molecule has 1 aromatic carbocycles. The number of aryl methyl sites for hydroxylation is 2. The number of nitrogens with zero attached hydrogens (tertiary/aromatic N) is 2. The summed E-state index contributed by atoms with van der Waals surface area (Å²) in [4.78, 5) is 15.8. The second kappa shape index (κ2) is 6.05. The SMILES string of the molecule is CCn1c(C(C)N)nc2ccc(CCC(=O)OC)cc21. The Morgan fingerprint density at radius 1 is 1.50 bits per heavy atom. The molecular weight excluding hydrogens is 254 g/mol. The maximum atomic E-state index is 11.2. The van der Waals surface area contributed by atoms with Gasteiger partial charge in [-0.25, -0.2) is 4.98 Å². The molecule has 20 heavy (non-hydrogen) atoms. The molecule has 5 nitrogen and oxygen atoms in total. The van der Waals surface area contributed by atoms with Crippen molar-refractivity contribution in [2.45, 2.75) is 39.3 Å². The van der Waals surface area contributed by atoms with Gasteiger partial charge in [0.05, 0.1) is 24.2 Å². The van der Waals surface area contributed by atoms with E-state index in [0.29, 0.717) is 12.8 Å². The van der Waals surface area contributed by atoms with Gasteiger partial charge in [-0.3, -0.25) is 4.79 Å². The van der Waals surface area contributed by atoms with Gasteiger partial charge in [-0.15, -0.1) is 0 Å². The van der Waals surface area contributed by atoms with Gasteiger partial charge in [0.25, 0.3) is 0 Å². The summed E-state index contributed by atoms with van der Waals surface area (Å²) in [5.41, 5.74) is 9.09. The molecule has 0 fully saturated rings. The highest BCUT2D eigenvalue weighted by atomic mass is 16.5. The van der Waals surface area contributed by atoms with Crippen LogP contribution in [0.3, 0.4) is 0 Å². The van der Waals surface area contributed by atoms with Crippen LogP contribution in [0.15, 0.2) is 18.2 Å². The Morgan fingerprint density at radius 3 is 2.85 bits per heavy atom. The zero-order valence-electron chi connectivity index (χ0n) is 12.2. The molecule has 0 saturated carbocycles. The smallest absolute Gasteiger partial charge is 0.305 e. The monoisotopic (exact) mass is 275 g/mol. The summed E-state index contributed by atoms with van der Waals surface area (Å²) in [6.07, 6.45) is 1.06. The molecule has 2 aromatic rings. The molecule has 1 atom stereocenters. The molecule has 0 bridgehead atoms. The maximum absolute atomic E-state index is 11.2. The molecule has 2 N–H and O–H groups in total. The number of carbonyl (C=O) groups is 1. The van der Waals surface area contributed by atoms with Crippen LogP contribution in [0.25, 0.3) is 11.0 Å². The van der Waals surface area contributed by atoms with Gasteiger partial charge in [0.2, 0.25) is 0 Å². The maximum Gasteiger partial charge on any atom is 0.305 e. The molecule has 5 heteroatoms. The lowest BCUT2D eigenvalue weighted by Gasteiger charge is -2.09. The summed E-state index contributed by atoms with van der Waals surface area (Å²) >= 11 is 0. The number of ether oxygens (including phenoxy) is 1. The summed E-state index contributed by atoms with van der Waals surface area (Å²) in [5.74, 6) is 0.706. The number of esters is 1. The van der Waals surface area contributed by atoms with Crippen LogP contribution in [0.2, 0.25) is 0 Å². The Balaban J connectivity index is 2.35. The molecule has 2 rings (SSSR count). The zero-order valence-corrected chi connectivity index (χ0v) is 12.2.